The minimum Gasteiger partial charge on any atom is -0.481 e. The lowest BCUT2D eigenvalue weighted by molar-refractivity contribution is -0.146. The minimum absolute atomic E-state index is 0.320. The summed E-state index contributed by atoms with van der Waals surface area (Å²) in [4.78, 5) is 20.7. The molecule has 0 radical (unpaired) electrons. The first kappa shape index (κ1) is 11.9. The predicted octanol–water partition coefficient (Wildman–Crippen LogP) is -0.850. The zero-order chi connectivity index (χ0) is 10.3. The third-order valence-electron chi connectivity index (χ3n) is 1.37. The first-order chi connectivity index (χ1) is 6.07. The fourth-order valence-corrected chi connectivity index (χ4v) is 0.757. The molecule has 1 atom stereocenters. The molecule has 0 spiro atoms. The molecule has 0 rings (SSSR count). The molecule has 6 nitrogen and oxygen atoms in total. The topological polar surface area (TPSA) is 95.9 Å². The lowest BCUT2D eigenvalue weighted by Gasteiger charge is -2.11. The number of hydrogen-bond acceptors (Lipinski definition) is 4. The molecule has 1 unspecified atom stereocenters. The lowest BCUT2D eigenvalue weighted by Crippen LogP contribution is -2.40. The van der Waals surface area contributed by atoms with Crippen molar-refractivity contribution >= 4 is 11.9 Å². The number of carboxylic acids is 2. The Morgan fingerprint density at radius 1 is 1.46 bits per heavy atom. The second kappa shape index (κ2) is 6.38. The van der Waals surface area contributed by atoms with Gasteiger partial charge in [-0.05, 0) is 0 Å². The first-order valence-corrected chi connectivity index (χ1v) is 3.75. The van der Waals surface area contributed by atoms with E-state index in [1.165, 1.54) is 7.11 Å². The third-order valence-corrected chi connectivity index (χ3v) is 1.37. The van der Waals surface area contributed by atoms with E-state index in [0.717, 1.165) is 0 Å². The van der Waals surface area contributed by atoms with Crippen LogP contribution in [0, 0.1) is 0 Å². The van der Waals surface area contributed by atoms with Crippen molar-refractivity contribution in [2.75, 3.05) is 20.3 Å². The van der Waals surface area contributed by atoms with Gasteiger partial charge in [0.1, 0.15) is 6.04 Å². The highest BCUT2D eigenvalue weighted by molar-refractivity contribution is 5.80. The standard InChI is InChI=1S/C7H13NO5/c1-13-3-2-8-5(7(11)12)4-6(9)10/h5,8H,2-4H2,1H3,(H,9,10)(H,11,12). The first-order valence-electron chi connectivity index (χ1n) is 3.75. The van der Waals surface area contributed by atoms with E-state index >= 15 is 0 Å². The molecule has 3 N–H and O–H groups in total. The van der Waals surface area contributed by atoms with Crippen molar-refractivity contribution in [2.24, 2.45) is 0 Å². The van der Waals surface area contributed by atoms with Crippen LogP contribution in [0.3, 0.4) is 0 Å². The van der Waals surface area contributed by atoms with E-state index in [9.17, 15) is 9.59 Å². The Morgan fingerprint density at radius 2 is 2.08 bits per heavy atom. The number of methoxy groups -OCH3 is 1. The number of hydrogen-bond donors (Lipinski definition) is 3. The highest BCUT2D eigenvalue weighted by Crippen LogP contribution is 1.91. The number of rotatable bonds is 7. The summed E-state index contributed by atoms with van der Waals surface area (Å²) >= 11 is 0. The summed E-state index contributed by atoms with van der Waals surface area (Å²) in [6.07, 6.45) is -0.432. The number of aliphatic carboxylic acids is 2. The van der Waals surface area contributed by atoms with Gasteiger partial charge in [0, 0.05) is 13.7 Å². The Labute approximate surface area is 75.5 Å². The average molecular weight is 191 g/mol. The van der Waals surface area contributed by atoms with E-state index in [4.69, 9.17) is 10.2 Å². The number of carboxylic acid groups (broad SMARTS) is 2. The number of nitrogens with one attached hydrogen (secondary N) is 1. The van der Waals surface area contributed by atoms with E-state index in [1.54, 1.807) is 0 Å². The average Bonchev–Trinajstić information content (AvgIpc) is 2.02. The van der Waals surface area contributed by atoms with Gasteiger partial charge in [0.05, 0.1) is 13.0 Å². The maximum Gasteiger partial charge on any atom is 0.321 e. The van der Waals surface area contributed by atoms with Crippen molar-refractivity contribution in [2.45, 2.75) is 12.5 Å². The van der Waals surface area contributed by atoms with Crippen LogP contribution in [0.5, 0.6) is 0 Å². The summed E-state index contributed by atoms with van der Waals surface area (Å²) in [5.41, 5.74) is 0. The molecule has 0 saturated carbocycles. The van der Waals surface area contributed by atoms with Crippen LogP contribution in [0.4, 0.5) is 0 Å². The summed E-state index contributed by atoms with van der Waals surface area (Å²) in [7, 11) is 1.48. The Bertz CT molecular complexity index is 182. The second-order valence-electron chi connectivity index (χ2n) is 2.44. The zero-order valence-electron chi connectivity index (χ0n) is 7.32. The van der Waals surface area contributed by atoms with Gasteiger partial charge >= 0.3 is 11.9 Å². The summed E-state index contributed by atoms with van der Waals surface area (Å²) in [6.45, 7) is 0.671. The van der Waals surface area contributed by atoms with Crippen molar-refractivity contribution in [3.63, 3.8) is 0 Å². The van der Waals surface area contributed by atoms with Crippen molar-refractivity contribution < 1.29 is 24.5 Å². The van der Waals surface area contributed by atoms with Crippen LogP contribution in [0.15, 0.2) is 0 Å². The monoisotopic (exact) mass is 191 g/mol. The van der Waals surface area contributed by atoms with Gasteiger partial charge in [-0.3, -0.25) is 9.59 Å². The molecule has 0 aliphatic carbocycles. The molecule has 6 heteroatoms. The van der Waals surface area contributed by atoms with Crippen molar-refractivity contribution in [3.05, 3.63) is 0 Å². The zero-order valence-corrected chi connectivity index (χ0v) is 7.32. The maximum atomic E-state index is 10.5. The van der Waals surface area contributed by atoms with Gasteiger partial charge in [-0.15, -0.1) is 0 Å². The Balaban J connectivity index is 3.81. The molecule has 0 amide bonds. The molecule has 0 aliphatic rings. The molecule has 0 bridgehead atoms. The van der Waals surface area contributed by atoms with E-state index in [0.29, 0.717) is 13.2 Å². The van der Waals surface area contributed by atoms with Crippen LogP contribution in [-0.4, -0.2) is 48.5 Å². The van der Waals surface area contributed by atoms with Crippen molar-refractivity contribution in [1.29, 1.82) is 0 Å². The molecule has 0 aromatic rings. The molecule has 76 valence electrons. The molecule has 0 aromatic heterocycles. The summed E-state index contributed by atoms with van der Waals surface area (Å²) in [6, 6.07) is -1.05. The molecule has 13 heavy (non-hydrogen) atoms. The Hall–Kier alpha value is -1.14. The largest absolute Gasteiger partial charge is 0.481 e. The van der Waals surface area contributed by atoms with Gasteiger partial charge in [-0.2, -0.15) is 0 Å². The highest BCUT2D eigenvalue weighted by atomic mass is 16.5. The number of carbonyl (C=O) groups is 2. The van der Waals surface area contributed by atoms with Crippen LogP contribution in [0.25, 0.3) is 0 Å². The Morgan fingerprint density at radius 3 is 2.46 bits per heavy atom. The van der Waals surface area contributed by atoms with E-state index in [-0.39, 0.29) is 0 Å². The van der Waals surface area contributed by atoms with Gasteiger partial charge < -0.3 is 20.3 Å². The maximum absolute atomic E-state index is 10.5. The van der Waals surface area contributed by atoms with E-state index < -0.39 is 24.4 Å². The lowest BCUT2D eigenvalue weighted by atomic mass is 10.2. The van der Waals surface area contributed by atoms with E-state index in [2.05, 4.69) is 10.1 Å². The van der Waals surface area contributed by atoms with Gasteiger partial charge in [0.25, 0.3) is 0 Å². The Kier molecular flexibility index (Phi) is 5.82. The molecule has 0 aromatic carbocycles. The fraction of sp³-hybridized carbons (Fsp3) is 0.714. The van der Waals surface area contributed by atoms with Crippen LogP contribution >= 0.6 is 0 Å². The van der Waals surface area contributed by atoms with Gasteiger partial charge in [0.15, 0.2) is 0 Å². The van der Waals surface area contributed by atoms with Gasteiger partial charge in [0.2, 0.25) is 0 Å². The predicted molar refractivity (Wildman–Crippen MR) is 43.6 cm³/mol. The minimum atomic E-state index is -1.17. The summed E-state index contributed by atoms with van der Waals surface area (Å²) in [5, 5.41) is 19.5. The van der Waals surface area contributed by atoms with Crippen LogP contribution in [0.1, 0.15) is 6.42 Å². The molecule has 0 aliphatic heterocycles. The molecule has 0 fully saturated rings. The fourth-order valence-electron chi connectivity index (χ4n) is 0.757. The molecule has 0 saturated heterocycles. The quantitative estimate of drug-likeness (QED) is 0.454. The van der Waals surface area contributed by atoms with Crippen molar-refractivity contribution in [1.82, 2.24) is 5.32 Å². The SMILES string of the molecule is COCCNC(CC(=O)O)C(=O)O. The van der Waals surface area contributed by atoms with Crippen molar-refractivity contribution in [3.8, 4) is 0 Å². The smallest absolute Gasteiger partial charge is 0.321 e. The highest BCUT2D eigenvalue weighted by Gasteiger charge is 2.19. The van der Waals surface area contributed by atoms with Gasteiger partial charge in [-0.1, -0.05) is 0 Å². The second-order valence-corrected chi connectivity index (χ2v) is 2.44. The van der Waals surface area contributed by atoms with Crippen LogP contribution < -0.4 is 5.32 Å². The van der Waals surface area contributed by atoms with Crippen LogP contribution in [0.2, 0.25) is 0 Å². The summed E-state index contributed by atoms with van der Waals surface area (Å²) in [5.74, 6) is -2.31. The summed E-state index contributed by atoms with van der Waals surface area (Å²) < 4.78 is 4.67. The van der Waals surface area contributed by atoms with Crippen LogP contribution in [-0.2, 0) is 14.3 Å². The molecule has 0 heterocycles. The third kappa shape index (κ3) is 6.06. The molecular formula is C7H13NO5. The van der Waals surface area contributed by atoms with Gasteiger partial charge in [-0.25, -0.2) is 0 Å². The normalized spacial score (nSPS) is 12.4. The van der Waals surface area contributed by atoms with E-state index in [1.807, 2.05) is 0 Å². The number of ether oxygens (including phenoxy) is 1. The molecular weight excluding hydrogens is 178 g/mol.